The molecule has 4 rings (SSSR count). The Balaban J connectivity index is 1.38. The second kappa shape index (κ2) is 9.71. The van der Waals surface area contributed by atoms with Crippen molar-refractivity contribution in [1.29, 1.82) is 0 Å². The number of rotatable bonds is 7. The number of thiophene rings is 1. The summed E-state index contributed by atoms with van der Waals surface area (Å²) in [5.41, 5.74) is 0.654. The highest BCUT2D eigenvalue weighted by Crippen LogP contribution is 2.29. The number of carbonyl (C=O) groups excluding carboxylic acids is 2. The molecule has 1 aliphatic carbocycles. The molecule has 3 heterocycles. The van der Waals surface area contributed by atoms with E-state index in [2.05, 4.69) is 4.90 Å². The highest BCUT2D eigenvalue weighted by atomic mass is 32.1. The maximum atomic E-state index is 13.3. The molecule has 0 aromatic carbocycles. The number of ether oxygens (including phenoxy) is 1. The van der Waals surface area contributed by atoms with Crippen LogP contribution in [-0.4, -0.2) is 66.4 Å². The van der Waals surface area contributed by atoms with Crippen molar-refractivity contribution in [3.8, 4) is 0 Å². The molecule has 6 heteroatoms. The van der Waals surface area contributed by atoms with Crippen LogP contribution in [0.2, 0.25) is 0 Å². The van der Waals surface area contributed by atoms with E-state index in [1.165, 1.54) is 63.0 Å². The van der Waals surface area contributed by atoms with Gasteiger partial charge in [-0.25, -0.2) is 0 Å². The van der Waals surface area contributed by atoms with Gasteiger partial charge in [0, 0.05) is 31.1 Å². The molecule has 2 aliphatic heterocycles. The lowest BCUT2D eigenvalue weighted by Crippen LogP contribution is -2.45. The van der Waals surface area contributed by atoms with E-state index in [1.54, 1.807) is 13.0 Å². The van der Waals surface area contributed by atoms with Crippen LogP contribution in [0.5, 0.6) is 0 Å². The first-order valence-corrected chi connectivity index (χ1v) is 12.2. The summed E-state index contributed by atoms with van der Waals surface area (Å²) in [6, 6.07) is 2.57. The lowest BCUT2D eigenvalue weighted by molar-refractivity contribution is 0.0429. The fourth-order valence-electron chi connectivity index (χ4n) is 5.17. The molecule has 0 bridgehead atoms. The third-order valence-corrected chi connectivity index (χ3v) is 7.93. The summed E-state index contributed by atoms with van der Waals surface area (Å²) in [7, 11) is 0. The van der Waals surface area contributed by atoms with Gasteiger partial charge in [0.2, 0.25) is 0 Å². The second-order valence-corrected chi connectivity index (χ2v) is 9.93. The van der Waals surface area contributed by atoms with Crippen molar-refractivity contribution in [2.45, 2.75) is 70.4 Å². The molecule has 1 saturated carbocycles. The molecule has 0 radical (unpaired) electrons. The van der Waals surface area contributed by atoms with E-state index >= 15 is 0 Å². The number of piperidine rings is 1. The van der Waals surface area contributed by atoms with E-state index in [0.717, 1.165) is 32.0 Å². The fraction of sp³-hybridized carbons (Fsp3) is 0.739. The first-order valence-electron chi connectivity index (χ1n) is 11.3. The highest BCUT2D eigenvalue weighted by Gasteiger charge is 2.30. The number of Topliss-reactive ketones (excluding diaryl/α,β-unsaturated/α-hetero) is 1. The Morgan fingerprint density at radius 3 is 2.48 bits per heavy atom. The van der Waals surface area contributed by atoms with Gasteiger partial charge in [-0.3, -0.25) is 9.59 Å². The molecule has 29 heavy (non-hydrogen) atoms. The lowest BCUT2D eigenvalue weighted by atomic mass is 9.94. The van der Waals surface area contributed by atoms with Crippen LogP contribution in [0.25, 0.3) is 0 Å². The van der Waals surface area contributed by atoms with E-state index in [9.17, 15) is 9.59 Å². The van der Waals surface area contributed by atoms with Crippen molar-refractivity contribution < 1.29 is 14.3 Å². The zero-order chi connectivity index (χ0) is 20.2. The Bertz CT molecular complexity index is 699. The maximum absolute atomic E-state index is 13.3. The summed E-state index contributed by atoms with van der Waals surface area (Å²) in [6.07, 6.45) is 10.1. The van der Waals surface area contributed by atoms with Crippen LogP contribution in [0, 0.1) is 5.92 Å². The molecule has 1 amide bonds. The smallest absolute Gasteiger partial charge is 0.254 e. The number of likely N-dealkylation sites (tertiary alicyclic amines) is 1. The van der Waals surface area contributed by atoms with Crippen LogP contribution in [0.4, 0.5) is 0 Å². The third-order valence-electron chi connectivity index (χ3n) is 6.90. The first-order chi connectivity index (χ1) is 14.1. The van der Waals surface area contributed by atoms with Crippen molar-refractivity contribution in [2.75, 3.05) is 32.8 Å². The molecule has 0 spiro atoms. The number of hydrogen-bond acceptors (Lipinski definition) is 5. The van der Waals surface area contributed by atoms with Crippen LogP contribution in [-0.2, 0) is 4.74 Å². The summed E-state index contributed by atoms with van der Waals surface area (Å²) in [5, 5.41) is 1.84. The Morgan fingerprint density at radius 1 is 1.10 bits per heavy atom. The lowest BCUT2D eigenvalue weighted by Gasteiger charge is -2.38. The summed E-state index contributed by atoms with van der Waals surface area (Å²) >= 11 is 1.37. The van der Waals surface area contributed by atoms with Crippen LogP contribution in [0.15, 0.2) is 11.4 Å². The summed E-state index contributed by atoms with van der Waals surface area (Å²) in [5.74, 6) is 0.644. The van der Waals surface area contributed by atoms with Gasteiger partial charge >= 0.3 is 0 Å². The van der Waals surface area contributed by atoms with Gasteiger partial charge in [-0.15, -0.1) is 11.3 Å². The van der Waals surface area contributed by atoms with Gasteiger partial charge in [-0.1, -0.05) is 12.8 Å². The van der Waals surface area contributed by atoms with E-state index in [4.69, 9.17) is 4.74 Å². The molecule has 3 aliphatic rings. The van der Waals surface area contributed by atoms with Gasteiger partial charge in [0.1, 0.15) is 0 Å². The minimum atomic E-state index is 0.0269. The van der Waals surface area contributed by atoms with Gasteiger partial charge in [0.05, 0.1) is 16.5 Å². The SMILES string of the molecule is CC(=O)c1cc(C(=O)N(CC2CCN(C3CCCC3)CC2)C[C@@H]2CCCO2)cs1. The Hall–Kier alpha value is -1.24. The Labute approximate surface area is 178 Å². The zero-order valence-corrected chi connectivity index (χ0v) is 18.4. The van der Waals surface area contributed by atoms with Crippen molar-refractivity contribution in [2.24, 2.45) is 5.92 Å². The average molecular weight is 419 g/mol. The molecular weight excluding hydrogens is 384 g/mol. The zero-order valence-electron chi connectivity index (χ0n) is 17.6. The second-order valence-electron chi connectivity index (χ2n) is 9.02. The molecule has 3 fully saturated rings. The minimum absolute atomic E-state index is 0.0269. The predicted octanol–water partition coefficient (Wildman–Crippen LogP) is 4.23. The van der Waals surface area contributed by atoms with Gasteiger partial charge in [0.25, 0.3) is 5.91 Å². The van der Waals surface area contributed by atoms with Gasteiger partial charge in [-0.05, 0) is 70.5 Å². The van der Waals surface area contributed by atoms with Gasteiger partial charge in [0.15, 0.2) is 5.78 Å². The summed E-state index contributed by atoms with van der Waals surface area (Å²) in [4.78, 5) is 30.3. The fourth-order valence-corrected chi connectivity index (χ4v) is 5.96. The standard InChI is InChI=1S/C23H34N2O3S/c1-17(26)22-13-19(16-29-22)23(27)25(15-21-7-4-12-28-21)14-18-8-10-24(11-9-18)20-5-2-3-6-20/h13,16,18,20-21H,2-12,14-15H2,1H3/t21-/m0/s1. The third kappa shape index (κ3) is 5.28. The molecular formula is C23H34N2O3S. The van der Waals surface area contributed by atoms with Gasteiger partial charge < -0.3 is 14.5 Å². The Kier molecular flexibility index (Phi) is 7.04. The summed E-state index contributed by atoms with van der Waals surface area (Å²) in [6.45, 7) is 6.19. The van der Waals surface area contributed by atoms with E-state index < -0.39 is 0 Å². The van der Waals surface area contributed by atoms with Crippen molar-refractivity contribution in [1.82, 2.24) is 9.80 Å². The largest absolute Gasteiger partial charge is 0.376 e. The van der Waals surface area contributed by atoms with Crippen molar-refractivity contribution in [3.05, 3.63) is 21.9 Å². The van der Waals surface area contributed by atoms with Crippen LogP contribution < -0.4 is 0 Å². The maximum Gasteiger partial charge on any atom is 0.254 e. The monoisotopic (exact) mass is 418 g/mol. The summed E-state index contributed by atoms with van der Waals surface area (Å²) < 4.78 is 5.83. The normalized spacial score (nSPS) is 24.2. The van der Waals surface area contributed by atoms with Crippen LogP contribution in [0.1, 0.15) is 78.3 Å². The molecule has 5 nitrogen and oxygen atoms in total. The number of nitrogens with zero attached hydrogens (tertiary/aromatic N) is 2. The Morgan fingerprint density at radius 2 is 1.86 bits per heavy atom. The molecule has 2 saturated heterocycles. The molecule has 0 N–H and O–H groups in total. The van der Waals surface area contributed by atoms with Crippen LogP contribution >= 0.6 is 11.3 Å². The highest BCUT2D eigenvalue weighted by molar-refractivity contribution is 7.12. The first kappa shape index (κ1) is 21.0. The molecule has 1 aromatic rings. The number of carbonyl (C=O) groups is 2. The molecule has 160 valence electrons. The molecule has 1 aromatic heterocycles. The van der Waals surface area contributed by atoms with Crippen LogP contribution in [0.3, 0.4) is 0 Å². The quantitative estimate of drug-likeness (QED) is 0.622. The van der Waals surface area contributed by atoms with E-state index in [0.29, 0.717) is 22.9 Å². The molecule has 1 atom stereocenters. The number of hydrogen-bond donors (Lipinski definition) is 0. The van der Waals surface area contributed by atoms with Crippen molar-refractivity contribution >= 4 is 23.0 Å². The minimum Gasteiger partial charge on any atom is -0.376 e. The number of amides is 1. The topological polar surface area (TPSA) is 49.9 Å². The molecule has 0 unspecified atom stereocenters. The van der Waals surface area contributed by atoms with Crippen molar-refractivity contribution in [3.63, 3.8) is 0 Å². The van der Waals surface area contributed by atoms with E-state index in [-0.39, 0.29) is 17.8 Å². The van der Waals surface area contributed by atoms with E-state index in [1.807, 2.05) is 10.3 Å². The predicted molar refractivity (Wildman–Crippen MR) is 116 cm³/mol. The number of ketones is 1. The van der Waals surface area contributed by atoms with Gasteiger partial charge in [-0.2, -0.15) is 0 Å². The average Bonchev–Trinajstić information content (AvgIpc) is 3.50.